The Morgan fingerprint density at radius 2 is 2.00 bits per heavy atom. The van der Waals surface area contributed by atoms with Gasteiger partial charge in [0.1, 0.15) is 11.6 Å². The highest BCUT2D eigenvalue weighted by Crippen LogP contribution is 2.21. The third-order valence-electron chi connectivity index (χ3n) is 2.78. The van der Waals surface area contributed by atoms with Crippen LogP contribution >= 0.6 is 0 Å². The number of urea groups is 1. The predicted octanol–water partition coefficient (Wildman–Crippen LogP) is 3.59. The molecule has 0 fully saturated rings. The quantitative estimate of drug-likeness (QED) is 0.898. The second kappa shape index (κ2) is 6.06. The van der Waals surface area contributed by atoms with Crippen molar-refractivity contribution in [3.05, 3.63) is 54.3 Å². The number of benzene rings is 2. The largest absolute Gasteiger partial charge is 0.508 e. The van der Waals surface area contributed by atoms with E-state index in [0.29, 0.717) is 17.9 Å². The van der Waals surface area contributed by atoms with Gasteiger partial charge in [-0.2, -0.15) is 0 Å². The van der Waals surface area contributed by atoms with E-state index in [1.807, 2.05) is 6.92 Å². The Morgan fingerprint density at radius 1 is 1.25 bits per heavy atom. The van der Waals surface area contributed by atoms with Crippen LogP contribution in [0.2, 0.25) is 0 Å². The van der Waals surface area contributed by atoms with Gasteiger partial charge in [0.15, 0.2) is 0 Å². The van der Waals surface area contributed by atoms with Gasteiger partial charge in [-0.05, 0) is 37.3 Å². The average Bonchev–Trinajstić information content (AvgIpc) is 2.39. The van der Waals surface area contributed by atoms with Gasteiger partial charge in [0.25, 0.3) is 0 Å². The molecular formula is C15H15FN2O2. The highest BCUT2D eigenvalue weighted by molar-refractivity contribution is 6.01. The lowest BCUT2D eigenvalue weighted by atomic mass is 10.2. The van der Waals surface area contributed by atoms with Crippen molar-refractivity contribution in [2.45, 2.75) is 6.92 Å². The first-order chi connectivity index (χ1) is 9.60. The van der Waals surface area contributed by atoms with Gasteiger partial charge in [0.2, 0.25) is 0 Å². The lowest BCUT2D eigenvalue weighted by Crippen LogP contribution is -2.34. The number of aromatic hydroxyl groups is 1. The average molecular weight is 274 g/mol. The molecule has 2 N–H and O–H groups in total. The molecule has 5 heteroatoms. The second-order valence-corrected chi connectivity index (χ2v) is 4.20. The zero-order valence-corrected chi connectivity index (χ0v) is 11.0. The van der Waals surface area contributed by atoms with Crippen molar-refractivity contribution in [1.29, 1.82) is 0 Å². The van der Waals surface area contributed by atoms with Crippen LogP contribution in [0.4, 0.5) is 20.6 Å². The van der Waals surface area contributed by atoms with Crippen molar-refractivity contribution in [2.24, 2.45) is 0 Å². The van der Waals surface area contributed by atoms with Gasteiger partial charge < -0.3 is 10.4 Å². The van der Waals surface area contributed by atoms with Crippen LogP contribution in [0.1, 0.15) is 6.92 Å². The van der Waals surface area contributed by atoms with Crippen LogP contribution in [0.15, 0.2) is 48.5 Å². The fraction of sp³-hybridized carbons (Fsp3) is 0.133. The van der Waals surface area contributed by atoms with Crippen LogP contribution in [0.25, 0.3) is 0 Å². The molecule has 104 valence electrons. The first-order valence-electron chi connectivity index (χ1n) is 6.23. The second-order valence-electron chi connectivity index (χ2n) is 4.20. The van der Waals surface area contributed by atoms with Gasteiger partial charge in [-0.3, -0.25) is 4.90 Å². The number of amides is 2. The van der Waals surface area contributed by atoms with E-state index in [-0.39, 0.29) is 11.8 Å². The minimum atomic E-state index is -0.414. The number of rotatable bonds is 3. The summed E-state index contributed by atoms with van der Waals surface area (Å²) in [6, 6.07) is 11.7. The van der Waals surface area contributed by atoms with E-state index in [4.69, 9.17) is 0 Å². The van der Waals surface area contributed by atoms with E-state index in [0.717, 1.165) is 0 Å². The summed E-state index contributed by atoms with van der Waals surface area (Å²) in [5.41, 5.74) is 0.954. The monoisotopic (exact) mass is 274 g/mol. The number of nitrogens with one attached hydrogen (secondary N) is 1. The van der Waals surface area contributed by atoms with Crippen LogP contribution < -0.4 is 10.2 Å². The molecule has 2 aromatic carbocycles. The van der Waals surface area contributed by atoms with Crippen LogP contribution in [0, 0.1) is 5.82 Å². The van der Waals surface area contributed by atoms with Gasteiger partial charge in [-0.15, -0.1) is 0 Å². The summed E-state index contributed by atoms with van der Waals surface area (Å²) >= 11 is 0. The molecule has 4 nitrogen and oxygen atoms in total. The fourth-order valence-corrected chi connectivity index (χ4v) is 1.86. The summed E-state index contributed by atoms with van der Waals surface area (Å²) in [6.07, 6.45) is 0. The minimum Gasteiger partial charge on any atom is -0.508 e. The number of hydrogen-bond donors (Lipinski definition) is 2. The molecular weight excluding hydrogens is 259 g/mol. The first kappa shape index (κ1) is 13.9. The maximum Gasteiger partial charge on any atom is 0.326 e. The summed E-state index contributed by atoms with van der Waals surface area (Å²) in [5, 5.41) is 12.1. The molecule has 0 saturated carbocycles. The molecule has 2 amide bonds. The molecule has 0 heterocycles. The standard InChI is InChI=1S/C15H15FN2O2/c1-2-18(13-7-4-8-14(19)10-13)15(20)17-12-6-3-5-11(16)9-12/h3-10,19H,2H2,1H3,(H,17,20). The number of phenols is 1. The molecule has 20 heavy (non-hydrogen) atoms. The normalized spacial score (nSPS) is 10.1. The Labute approximate surface area is 116 Å². The summed E-state index contributed by atoms with van der Waals surface area (Å²) in [7, 11) is 0. The lowest BCUT2D eigenvalue weighted by Gasteiger charge is -2.21. The number of carbonyl (C=O) groups is 1. The molecule has 0 spiro atoms. The molecule has 2 aromatic rings. The first-order valence-corrected chi connectivity index (χ1v) is 6.23. The Balaban J connectivity index is 2.17. The van der Waals surface area contributed by atoms with Gasteiger partial charge in [0, 0.05) is 24.0 Å². The molecule has 0 radical (unpaired) electrons. The maximum atomic E-state index is 13.1. The molecule has 0 unspecified atom stereocenters. The molecule has 2 rings (SSSR count). The minimum absolute atomic E-state index is 0.0829. The molecule has 0 aliphatic rings. The van der Waals surface area contributed by atoms with E-state index in [1.54, 1.807) is 18.2 Å². The topological polar surface area (TPSA) is 52.6 Å². The molecule has 0 bridgehead atoms. The fourth-order valence-electron chi connectivity index (χ4n) is 1.86. The van der Waals surface area contributed by atoms with Crippen molar-refractivity contribution in [2.75, 3.05) is 16.8 Å². The number of halogens is 1. The van der Waals surface area contributed by atoms with Crippen molar-refractivity contribution < 1.29 is 14.3 Å². The van der Waals surface area contributed by atoms with Gasteiger partial charge in [-0.25, -0.2) is 9.18 Å². The Bertz CT molecular complexity index is 616. The van der Waals surface area contributed by atoms with E-state index in [1.165, 1.54) is 35.2 Å². The van der Waals surface area contributed by atoms with Crippen LogP contribution in [-0.4, -0.2) is 17.7 Å². The Kier molecular flexibility index (Phi) is 4.20. The number of anilines is 2. The van der Waals surface area contributed by atoms with Crippen molar-refractivity contribution in [3.8, 4) is 5.75 Å². The van der Waals surface area contributed by atoms with Gasteiger partial charge in [-0.1, -0.05) is 12.1 Å². The van der Waals surface area contributed by atoms with E-state index in [2.05, 4.69) is 5.32 Å². The van der Waals surface area contributed by atoms with Crippen molar-refractivity contribution in [3.63, 3.8) is 0 Å². The summed E-state index contributed by atoms with van der Waals surface area (Å²) < 4.78 is 13.1. The summed E-state index contributed by atoms with van der Waals surface area (Å²) in [5.74, 6) is -0.331. The summed E-state index contributed by atoms with van der Waals surface area (Å²) in [4.78, 5) is 13.6. The highest BCUT2D eigenvalue weighted by Gasteiger charge is 2.14. The number of phenolic OH excluding ortho intramolecular Hbond substituents is 1. The predicted molar refractivity (Wildman–Crippen MR) is 76.5 cm³/mol. The zero-order chi connectivity index (χ0) is 14.5. The number of hydrogen-bond acceptors (Lipinski definition) is 2. The molecule has 0 aromatic heterocycles. The molecule has 0 aliphatic carbocycles. The number of carbonyl (C=O) groups excluding carboxylic acids is 1. The van der Waals surface area contributed by atoms with Crippen LogP contribution in [-0.2, 0) is 0 Å². The van der Waals surface area contributed by atoms with Crippen LogP contribution in [0.3, 0.4) is 0 Å². The van der Waals surface area contributed by atoms with E-state index in [9.17, 15) is 14.3 Å². The third kappa shape index (κ3) is 3.26. The van der Waals surface area contributed by atoms with Crippen molar-refractivity contribution in [1.82, 2.24) is 0 Å². The smallest absolute Gasteiger partial charge is 0.326 e. The van der Waals surface area contributed by atoms with Gasteiger partial charge in [0.05, 0.1) is 0 Å². The van der Waals surface area contributed by atoms with Crippen LogP contribution in [0.5, 0.6) is 5.75 Å². The highest BCUT2D eigenvalue weighted by atomic mass is 19.1. The molecule has 0 atom stereocenters. The Hall–Kier alpha value is -2.56. The maximum absolute atomic E-state index is 13.1. The number of nitrogens with zero attached hydrogens (tertiary/aromatic N) is 1. The third-order valence-corrected chi connectivity index (χ3v) is 2.78. The lowest BCUT2D eigenvalue weighted by molar-refractivity contribution is 0.257. The SMILES string of the molecule is CCN(C(=O)Nc1cccc(F)c1)c1cccc(O)c1. The van der Waals surface area contributed by atoms with E-state index >= 15 is 0 Å². The van der Waals surface area contributed by atoms with Gasteiger partial charge >= 0.3 is 6.03 Å². The van der Waals surface area contributed by atoms with Crippen molar-refractivity contribution >= 4 is 17.4 Å². The molecule has 0 aliphatic heterocycles. The Morgan fingerprint density at radius 3 is 2.65 bits per heavy atom. The van der Waals surface area contributed by atoms with E-state index < -0.39 is 5.82 Å². The zero-order valence-electron chi connectivity index (χ0n) is 11.0. The summed E-state index contributed by atoms with van der Waals surface area (Å²) in [6.45, 7) is 2.24. The molecule has 0 saturated heterocycles.